The van der Waals surface area contributed by atoms with Crippen LogP contribution in [-0.2, 0) is 16.1 Å². The van der Waals surface area contributed by atoms with Gasteiger partial charge in [0.05, 0.1) is 49.9 Å². The van der Waals surface area contributed by atoms with Crippen molar-refractivity contribution in [3.8, 4) is 28.3 Å². The molecule has 0 radical (unpaired) electrons. The van der Waals surface area contributed by atoms with Gasteiger partial charge in [-0.25, -0.2) is 9.37 Å². The van der Waals surface area contributed by atoms with E-state index in [0.717, 1.165) is 45.2 Å². The number of rotatable bonds is 10. The van der Waals surface area contributed by atoms with Crippen LogP contribution in [0.25, 0.3) is 22.6 Å². The summed E-state index contributed by atoms with van der Waals surface area (Å²) in [6.45, 7) is 5.18. The number of carbonyl (C=O) groups is 1. The summed E-state index contributed by atoms with van der Waals surface area (Å²) < 4.78 is 56.7. The molecule has 6 rings (SSSR count). The van der Waals surface area contributed by atoms with E-state index in [1.54, 1.807) is 18.3 Å². The maximum absolute atomic E-state index is 15.5. The summed E-state index contributed by atoms with van der Waals surface area (Å²) >= 11 is 0. The predicted molar refractivity (Wildman–Crippen MR) is 149 cm³/mol. The van der Waals surface area contributed by atoms with Gasteiger partial charge in [0.25, 0.3) is 5.89 Å². The van der Waals surface area contributed by atoms with E-state index >= 15 is 4.39 Å². The summed E-state index contributed by atoms with van der Waals surface area (Å²) in [6, 6.07) is 10.1. The maximum Gasteiger partial charge on any atom is 0.314 e. The lowest BCUT2D eigenvalue weighted by molar-refractivity contribution is -0.107. The van der Waals surface area contributed by atoms with Gasteiger partial charge in [-0.3, -0.25) is 14.7 Å². The minimum atomic E-state index is -2.88. The van der Waals surface area contributed by atoms with Crippen LogP contribution in [0.2, 0.25) is 0 Å². The molecule has 0 aliphatic carbocycles. The zero-order valence-corrected chi connectivity index (χ0v) is 23.2. The van der Waals surface area contributed by atoms with Crippen LogP contribution in [0.1, 0.15) is 18.0 Å². The topological polar surface area (TPSA) is 110 Å². The largest absolute Gasteiger partial charge is 0.495 e. The monoisotopic (exact) mass is 595 g/mol. The molecule has 2 saturated heterocycles. The smallest absolute Gasteiger partial charge is 0.314 e. The molecule has 14 heteroatoms. The second kappa shape index (κ2) is 12.4. The summed E-state index contributed by atoms with van der Waals surface area (Å²) in [5.74, 6) is -0.333. The number of pyridine rings is 2. The van der Waals surface area contributed by atoms with Gasteiger partial charge in [0.15, 0.2) is 0 Å². The fraction of sp³-hybridized carbons (Fsp3) is 0.345. The Morgan fingerprint density at radius 3 is 2.40 bits per heavy atom. The van der Waals surface area contributed by atoms with Crippen molar-refractivity contribution in [3.63, 3.8) is 0 Å². The molecule has 1 amide bonds. The highest BCUT2D eigenvalue weighted by molar-refractivity contribution is 5.81. The molecule has 11 nitrogen and oxygen atoms in total. The van der Waals surface area contributed by atoms with E-state index in [2.05, 4.69) is 30.0 Å². The molecule has 2 aliphatic heterocycles. The average molecular weight is 596 g/mol. The fourth-order valence-corrected chi connectivity index (χ4v) is 5.07. The third-order valence-electron chi connectivity index (χ3n) is 7.57. The minimum absolute atomic E-state index is 0.0116. The molecule has 0 unspecified atom stereocenters. The number of anilines is 2. The van der Waals surface area contributed by atoms with Crippen molar-refractivity contribution >= 4 is 17.9 Å². The first-order valence-electron chi connectivity index (χ1n) is 13.6. The molecule has 0 bridgehead atoms. The molecule has 0 N–H and O–H groups in total. The zero-order valence-electron chi connectivity index (χ0n) is 23.2. The molecule has 0 spiro atoms. The van der Waals surface area contributed by atoms with E-state index in [1.807, 2.05) is 12.1 Å². The number of nitrogens with zero attached hydrogens (tertiary/aromatic N) is 7. The van der Waals surface area contributed by atoms with Crippen molar-refractivity contribution in [1.82, 2.24) is 25.1 Å². The van der Waals surface area contributed by atoms with Gasteiger partial charge in [-0.15, -0.1) is 10.2 Å². The summed E-state index contributed by atoms with van der Waals surface area (Å²) in [7, 11) is 1.44. The summed E-state index contributed by atoms with van der Waals surface area (Å²) in [5, 5.41) is 6.90. The number of ether oxygens (including phenoxy) is 2. The summed E-state index contributed by atoms with van der Waals surface area (Å²) in [5.41, 5.74) is 1.84. The van der Waals surface area contributed by atoms with E-state index in [1.165, 1.54) is 30.3 Å². The van der Waals surface area contributed by atoms with E-state index < -0.39 is 18.1 Å². The number of methoxy groups -OCH3 is 1. The number of benzene rings is 1. The SMILES string of the molecule is COc1cc(-c2ccc(N3CCN(C4COC4)CC3)nc2)c(F)cc1N(C=O)Cc1ccc(-c2nnc(C(F)F)o2)cn1. The molecule has 0 saturated carbocycles. The molecule has 4 aromatic rings. The van der Waals surface area contributed by atoms with Crippen LogP contribution in [-0.4, -0.2) is 84.0 Å². The third-order valence-corrected chi connectivity index (χ3v) is 7.57. The quantitative estimate of drug-likeness (QED) is 0.250. The third kappa shape index (κ3) is 6.01. The lowest BCUT2D eigenvalue weighted by atomic mass is 10.0. The van der Waals surface area contributed by atoms with Gasteiger partial charge >= 0.3 is 6.43 Å². The van der Waals surface area contributed by atoms with Crippen molar-refractivity contribution < 1.29 is 31.9 Å². The van der Waals surface area contributed by atoms with Gasteiger partial charge in [0, 0.05) is 55.8 Å². The Labute approximate surface area is 244 Å². The number of aromatic nitrogens is 4. The van der Waals surface area contributed by atoms with Crippen molar-refractivity contribution in [2.24, 2.45) is 0 Å². The molecular weight excluding hydrogens is 567 g/mol. The molecule has 1 aromatic carbocycles. The first-order valence-corrected chi connectivity index (χ1v) is 13.6. The van der Waals surface area contributed by atoms with Crippen molar-refractivity contribution in [2.45, 2.75) is 19.0 Å². The highest BCUT2D eigenvalue weighted by Crippen LogP contribution is 2.36. The first kappa shape index (κ1) is 28.6. The van der Waals surface area contributed by atoms with E-state index in [4.69, 9.17) is 13.9 Å². The Balaban J connectivity index is 1.15. The highest BCUT2D eigenvalue weighted by atomic mass is 19.3. The van der Waals surface area contributed by atoms with Crippen molar-refractivity contribution in [2.75, 3.05) is 56.3 Å². The standard InChI is InChI=1S/C29H28F3N7O4/c1-41-25-10-22(18-3-5-26(34-12-18)38-8-6-37(7-9-38)21-15-42-16-21)23(30)11-24(25)39(17-40)14-20-4-2-19(13-33-20)28-35-36-29(43-28)27(31)32/h2-5,10-13,17,21,27H,6-9,14-16H2,1H3. The lowest BCUT2D eigenvalue weighted by Gasteiger charge is -2.42. The fourth-order valence-electron chi connectivity index (χ4n) is 5.07. The number of alkyl halides is 2. The van der Waals surface area contributed by atoms with Gasteiger partial charge in [-0.2, -0.15) is 8.78 Å². The van der Waals surface area contributed by atoms with Crippen molar-refractivity contribution in [1.29, 1.82) is 0 Å². The van der Waals surface area contributed by atoms with Crippen LogP contribution >= 0.6 is 0 Å². The van der Waals surface area contributed by atoms with Crippen LogP contribution in [0.5, 0.6) is 5.75 Å². The second-order valence-corrected chi connectivity index (χ2v) is 10.1. The molecule has 0 atom stereocenters. The average Bonchev–Trinajstić information content (AvgIpc) is 3.51. The molecule has 5 heterocycles. The predicted octanol–water partition coefficient (Wildman–Crippen LogP) is 3.96. The van der Waals surface area contributed by atoms with Crippen molar-refractivity contribution in [3.05, 3.63) is 66.2 Å². The van der Waals surface area contributed by atoms with Crippen LogP contribution in [0, 0.1) is 5.82 Å². The van der Waals surface area contributed by atoms with Crippen LogP contribution in [0.3, 0.4) is 0 Å². The first-order chi connectivity index (χ1) is 20.9. The van der Waals surface area contributed by atoms with Crippen LogP contribution in [0.4, 0.5) is 24.7 Å². The second-order valence-electron chi connectivity index (χ2n) is 10.1. The molecular formula is C29H28F3N7O4. The Morgan fingerprint density at radius 2 is 1.81 bits per heavy atom. The molecule has 2 fully saturated rings. The number of hydrogen-bond acceptors (Lipinski definition) is 10. The number of hydrogen-bond donors (Lipinski definition) is 0. The molecule has 2 aliphatic rings. The van der Waals surface area contributed by atoms with Gasteiger partial charge < -0.3 is 23.7 Å². The number of halogens is 3. The number of amides is 1. The number of carbonyl (C=O) groups excluding carboxylic acids is 1. The zero-order chi connectivity index (χ0) is 29.9. The summed E-state index contributed by atoms with van der Waals surface area (Å²) in [4.78, 5) is 26.8. The number of piperazine rings is 1. The Hall–Kier alpha value is -4.56. The molecule has 3 aromatic heterocycles. The van der Waals surface area contributed by atoms with Gasteiger partial charge in [-0.05, 0) is 30.3 Å². The van der Waals surface area contributed by atoms with E-state index in [0.29, 0.717) is 29.3 Å². The minimum Gasteiger partial charge on any atom is -0.495 e. The highest BCUT2D eigenvalue weighted by Gasteiger charge is 2.29. The van der Waals surface area contributed by atoms with E-state index in [9.17, 15) is 13.6 Å². The maximum atomic E-state index is 15.5. The van der Waals surface area contributed by atoms with Gasteiger partial charge in [0.1, 0.15) is 17.4 Å². The Morgan fingerprint density at radius 1 is 1.05 bits per heavy atom. The Bertz CT molecular complexity index is 1560. The van der Waals surface area contributed by atoms with Gasteiger partial charge in [0.2, 0.25) is 12.3 Å². The summed E-state index contributed by atoms with van der Waals surface area (Å²) in [6.07, 6.45) is 0.663. The van der Waals surface area contributed by atoms with Crippen LogP contribution < -0.4 is 14.5 Å². The molecule has 43 heavy (non-hydrogen) atoms. The molecule has 224 valence electrons. The van der Waals surface area contributed by atoms with E-state index in [-0.39, 0.29) is 29.4 Å². The lowest BCUT2D eigenvalue weighted by Crippen LogP contribution is -2.56. The van der Waals surface area contributed by atoms with Crippen LogP contribution in [0.15, 0.2) is 53.2 Å². The Kier molecular flexibility index (Phi) is 8.20. The van der Waals surface area contributed by atoms with Gasteiger partial charge in [-0.1, -0.05) is 0 Å². The normalized spacial score (nSPS) is 15.9.